The van der Waals surface area contributed by atoms with Gasteiger partial charge in [0, 0.05) is 45.9 Å². The molecule has 0 N–H and O–H groups in total. The molecule has 8 heteroatoms. The van der Waals surface area contributed by atoms with E-state index in [4.69, 9.17) is 14.2 Å². The molecular weight excluding hydrogens is 394 g/mol. The predicted molar refractivity (Wildman–Crippen MR) is 118 cm³/mol. The third-order valence-electron chi connectivity index (χ3n) is 6.56. The Balaban J connectivity index is 1.67. The van der Waals surface area contributed by atoms with Crippen LogP contribution in [0.2, 0.25) is 0 Å². The summed E-state index contributed by atoms with van der Waals surface area (Å²) in [5.74, 6) is 1.60. The van der Waals surface area contributed by atoms with Crippen molar-refractivity contribution in [2.24, 2.45) is 5.92 Å². The summed E-state index contributed by atoms with van der Waals surface area (Å²) in [7, 11) is 5.61. The Morgan fingerprint density at radius 2 is 1.97 bits per heavy atom. The summed E-state index contributed by atoms with van der Waals surface area (Å²) in [5.41, 5.74) is 2.48. The summed E-state index contributed by atoms with van der Waals surface area (Å²) < 4.78 is 11.1. The number of rotatable bonds is 5. The van der Waals surface area contributed by atoms with Crippen LogP contribution < -0.4 is 4.90 Å². The molecule has 2 aromatic rings. The Morgan fingerprint density at radius 1 is 1.19 bits per heavy atom. The minimum absolute atomic E-state index is 0.0677. The second kappa shape index (κ2) is 9.34. The normalized spacial score (nSPS) is 24.3. The second-order valence-corrected chi connectivity index (χ2v) is 8.95. The Bertz CT molecular complexity index is 904. The highest BCUT2D eigenvalue weighted by atomic mass is 16.5. The molecule has 168 valence electrons. The number of carbonyl (C=O) groups is 1. The number of ether oxygens (including phenoxy) is 1. The fourth-order valence-electron chi connectivity index (χ4n) is 4.79. The van der Waals surface area contributed by atoms with Gasteiger partial charge in [0.25, 0.3) is 0 Å². The summed E-state index contributed by atoms with van der Waals surface area (Å²) in [6, 6.07) is 1.82. The van der Waals surface area contributed by atoms with Crippen molar-refractivity contribution in [1.82, 2.24) is 20.0 Å². The Hall–Kier alpha value is -2.48. The van der Waals surface area contributed by atoms with Gasteiger partial charge in [-0.25, -0.2) is 9.97 Å². The second-order valence-electron chi connectivity index (χ2n) is 8.95. The molecule has 0 aromatic carbocycles. The van der Waals surface area contributed by atoms with Crippen LogP contribution in [0.4, 0.5) is 5.95 Å². The van der Waals surface area contributed by atoms with Crippen LogP contribution >= 0.6 is 0 Å². The van der Waals surface area contributed by atoms with E-state index in [1.165, 1.54) is 0 Å². The van der Waals surface area contributed by atoms with Crippen molar-refractivity contribution in [1.29, 1.82) is 0 Å². The summed E-state index contributed by atoms with van der Waals surface area (Å²) in [6.45, 7) is 2.67. The first-order valence-corrected chi connectivity index (χ1v) is 11.3. The van der Waals surface area contributed by atoms with Crippen LogP contribution in [-0.2, 0) is 9.53 Å². The van der Waals surface area contributed by atoms with Crippen LogP contribution in [0.3, 0.4) is 0 Å². The molecule has 1 aliphatic carbocycles. The number of nitrogens with zero attached hydrogens (tertiary/aromatic N) is 5. The van der Waals surface area contributed by atoms with Crippen molar-refractivity contribution in [2.75, 3.05) is 32.6 Å². The van der Waals surface area contributed by atoms with Crippen LogP contribution in [0.15, 0.2) is 16.8 Å². The molecule has 1 aliphatic heterocycles. The molecule has 2 aliphatic rings. The van der Waals surface area contributed by atoms with Crippen molar-refractivity contribution in [3.8, 4) is 11.3 Å². The van der Waals surface area contributed by atoms with Crippen molar-refractivity contribution < 1.29 is 14.1 Å². The van der Waals surface area contributed by atoms with E-state index in [9.17, 15) is 4.79 Å². The average Bonchev–Trinajstić information content (AvgIpc) is 3.24. The molecule has 31 heavy (non-hydrogen) atoms. The van der Waals surface area contributed by atoms with E-state index in [1.807, 2.05) is 32.0 Å². The highest BCUT2D eigenvalue weighted by Gasteiger charge is 2.36. The van der Waals surface area contributed by atoms with Crippen molar-refractivity contribution >= 4 is 11.9 Å². The number of amides is 1. The monoisotopic (exact) mass is 427 g/mol. The van der Waals surface area contributed by atoms with Crippen LogP contribution in [-0.4, -0.2) is 59.8 Å². The maximum Gasteiger partial charge on any atom is 0.226 e. The lowest BCUT2D eigenvalue weighted by Crippen LogP contribution is -2.43. The van der Waals surface area contributed by atoms with E-state index in [0.29, 0.717) is 11.7 Å². The molecule has 1 saturated heterocycles. The highest BCUT2D eigenvalue weighted by Crippen LogP contribution is 2.39. The van der Waals surface area contributed by atoms with E-state index < -0.39 is 0 Å². The topological polar surface area (TPSA) is 84.6 Å². The average molecular weight is 428 g/mol. The lowest BCUT2D eigenvalue weighted by molar-refractivity contribution is -0.141. The number of piperidine rings is 1. The van der Waals surface area contributed by atoms with E-state index in [1.54, 1.807) is 13.3 Å². The third-order valence-corrected chi connectivity index (χ3v) is 6.56. The van der Waals surface area contributed by atoms with Gasteiger partial charge in [0.1, 0.15) is 0 Å². The van der Waals surface area contributed by atoms with Crippen molar-refractivity contribution in [2.45, 2.75) is 64.0 Å². The molecule has 1 saturated carbocycles. The summed E-state index contributed by atoms with van der Waals surface area (Å²) >= 11 is 0. The fraction of sp³-hybridized carbons (Fsp3) is 0.652. The van der Waals surface area contributed by atoms with Crippen LogP contribution in [0, 0.1) is 12.8 Å². The van der Waals surface area contributed by atoms with Crippen LogP contribution in [0.25, 0.3) is 11.3 Å². The number of carbonyl (C=O) groups excluding carboxylic acids is 1. The molecule has 0 radical (unpaired) electrons. The zero-order valence-corrected chi connectivity index (χ0v) is 19.0. The molecule has 1 unspecified atom stereocenters. The highest BCUT2D eigenvalue weighted by molar-refractivity contribution is 5.80. The zero-order chi connectivity index (χ0) is 22.0. The molecule has 1 amide bonds. The lowest BCUT2D eigenvalue weighted by Gasteiger charge is -2.39. The molecule has 2 fully saturated rings. The standard InChI is InChI=1S/C23H33N5O3/c1-15-13-20(31-26-15)18-14-24-23(27(2)3)25-21(18)19-7-5-6-12-28(19)22(29)16-8-10-17(30-4)11-9-16/h13-14,16-17,19H,5-12H2,1-4H3. The molecule has 0 spiro atoms. The number of likely N-dealkylation sites (tertiary alicyclic amines) is 1. The summed E-state index contributed by atoms with van der Waals surface area (Å²) in [6.07, 6.45) is 8.76. The number of aromatic nitrogens is 3. The van der Waals surface area contributed by atoms with Gasteiger partial charge in [-0.2, -0.15) is 0 Å². The third kappa shape index (κ3) is 4.59. The van der Waals surface area contributed by atoms with Crippen LogP contribution in [0.5, 0.6) is 0 Å². The van der Waals surface area contributed by atoms with Gasteiger partial charge in [0.15, 0.2) is 5.76 Å². The molecule has 0 bridgehead atoms. The van der Waals surface area contributed by atoms with Gasteiger partial charge in [0.2, 0.25) is 11.9 Å². The number of methoxy groups -OCH3 is 1. The Labute approximate surface area is 184 Å². The first kappa shape index (κ1) is 21.7. The molecule has 8 nitrogen and oxygen atoms in total. The lowest BCUT2D eigenvalue weighted by atomic mass is 9.85. The first-order chi connectivity index (χ1) is 15.0. The Morgan fingerprint density at radius 3 is 2.61 bits per heavy atom. The smallest absolute Gasteiger partial charge is 0.226 e. The van der Waals surface area contributed by atoms with Gasteiger partial charge >= 0.3 is 0 Å². The van der Waals surface area contributed by atoms with Gasteiger partial charge < -0.3 is 19.1 Å². The fourth-order valence-corrected chi connectivity index (χ4v) is 4.79. The number of aryl methyl sites for hydroxylation is 1. The molecule has 1 atom stereocenters. The molecule has 2 aromatic heterocycles. The quantitative estimate of drug-likeness (QED) is 0.718. The van der Waals surface area contributed by atoms with E-state index in [2.05, 4.69) is 15.0 Å². The van der Waals surface area contributed by atoms with E-state index in [0.717, 1.165) is 68.4 Å². The van der Waals surface area contributed by atoms with Crippen molar-refractivity contribution in [3.63, 3.8) is 0 Å². The van der Waals surface area contributed by atoms with E-state index >= 15 is 0 Å². The van der Waals surface area contributed by atoms with Gasteiger partial charge in [-0.05, 0) is 51.9 Å². The zero-order valence-electron chi connectivity index (χ0n) is 19.0. The van der Waals surface area contributed by atoms with Gasteiger partial charge in [-0.1, -0.05) is 5.16 Å². The van der Waals surface area contributed by atoms with E-state index in [-0.39, 0.29) is 24.0 Å². The maximum atomic E-state index is 13.6. The molecular formula is C23H33N5O3. The van der Waals surface area contributed by atoms with Crippen molar-refractivity contribution in [3.05, 3.63) is 23.7 Å². The minimum Gasteiger partial charge on any atom is -0.381 e. The van der Waals surface area contributed by atoms with Gasteiger partial charge in [-0.15, -0.1) is 0 Å². The van der Waals surface area contributed by atoms with Gasteiger partial charge in [-0.3, -0.25) is 4.79 Å². The summed E-state index contributed by atoms with van der Waals surface area (Å²) in [5, 5.41) is 4.05. The number of hydrogen-bond acceptors (Lipinski definition) is 7. The number of anilines is 1. The SMILES string of the molecule is COC1CCC(C(=O)N2CCCCC2c2nc(N(C)C)ncc2-c2cc(C)no2)CC1. The largest absolute Gasteiger partial charge is 0.381 e. The first-order valence-electron chi connectivity index (χ1n) is 11.3. The number of hydrogen-bond donors (Lipinski definition) is 0. The summed E-state index contributed by atoms with van der Waals surface area (Å²) in [4.78, 5) is 27.0. The van der Waals surface area contributed by atoms with Gasteiger partial charge in [0.05, 0.1) is 29.1 Å². The Kier molecular flexibility index (Phi) is 6.55. The maximum absolute atomic E-state index is 13.6. The molecule has 4 rings (SSSR count). The molecule has 3 heterocycles. The minimum atomic E-state index is -0.0801. The predicted octanol–water partition coefficient (Wildman–Crippen LogP) is 3.76. The van der Waals surface area contributed by atoms with Crippen LogP contribution in [0.1, 0.15) is 62.4 Å².